The largest absolute Gasteiger partial charge is 0.493 e. The second-order valence-electron chi connectivity index (χ2n) is 5.04. The number of hydrogen-bond acceptors (Lipinski definition) is 3. The predicted molar refractivity (Wildman–Crippen MR) is 85.4 cm³/mol. The molecule has 3 aromatic rings. The predicted octanol–water partition coefficient (Wildman–Crippen LogP) is 2.93. The number of aromatic hydroxyl groups is 1. The molecule has 1 aromatic carbocycles. The van der Waals surface area contributed by atoms with Gasteiger partial charge in [0.1, 0.15) is 0 Å². The van der Waals surface area contributed by atoms with E-state index in [4.69, 9.17) is 4.55 Å². The first-order chi connectivity index (χ1) is 10.6. The highest BCUT2D eigenvalue weighted by atomic mass is 32.2. The molecule has 0 radical (unpaired) electrons. The molecule has 0 bridgehead atoms. The lowest BCUT2D eigenvalue weighted by Gasteiger charge is -2.10. The van der Waals surface area contributed by atoms with Crippen molar-refractivity contribution in [1.29, 1.82) is 0 Å². The SMILES string of the molecule is CCc1cc2c(O)nccc2n1Cc1ccc(S(=O)O)cc1. The van der Waals surface area contributed by atoms with Gasteiger partial charge in [0, 0.05) is 18.4 Å². The minimum atomic E-state index is -1.96. The maximum Gasteiger partial charge on any atom is 0.220 e. The average Bonchev–Trinajstić information content (AvgIpc) is 2.87. The van der Waals surface area contributed by atoms with Crippen molar-refractivity contribution in [2.75, 3.05) is 0 Å². The van der Waals surface area contributed by atoms with Crippen LogP contribution in [-0.2, 0) is 24.0 Å². The molecule has 2 heterocycles. The van der Waals surface area contributed by atoms with E-state index in [9.17, 15) is 9.32 Å². The van der Waals surface area contributed by atoms with Crippen LogP contribution in [0.15, 0.2) is 47.5 Å². The summed E-state index contributed by atoms with van der Waals surface area (Å²) in [6.07, 6.45) is 2.43. The van der Waals surface area contributed by atoms with Crippen molar-refractivity contribution in [1.82, 2.24) is 9.55 Å². The van der Waals surface area contributed by atoms with Crippen LogP contribution >= 0.6 is 0 Å². The van der Waals surface area contributed by atoms with Gasteiger partial charge >= 0.3 is 0 Å². The maximum absolute atomic E-state index is 11.0. The number of hydrogen-bond donors (Lipinski definition) is 2. The fraction of sp³-hybridized carbons (Fsp3) is 0.188. The molecule has 3 rings (SSSR count). The Balaban J connectivity index is 2.02. The number of aryl methyl sites for hydroxylation is 1. The molecular weight excluding hydrogens is 300 g/mol. The molecule has 114 valence electrons. The zero-order chi connectivity index (χ0) is 15.7. The van der Waals surface area contributed by atoms with Crippen LogP contribution in [0.1, 0.15) is 18.2 Å². The topological polar surface area (TPSA) is 75.4 Å². The van der Waals surface area contributed by atoms with Crippen LogP contribution in [0.3, 0.4) is 0 Å². The van der Waals surface area contributed by atoms with Crippen LogP contribution in [-0.4, -0.2) is 23.4 Å². The van der Waals surface area contributed by atoms with E-state index in [2.05, 4.69) is 16.5 Å². The van der Waals surface area contributed by atoms with E-state index in [1.165, 1.54) is 0 Å². The van der Waals surface area contributed by atoms with Crippen LogP contribution in [0.2, 0.25) is 0 Å². The Labute approximate surface area is 130 Å². The summed E-state index contributed by atoms with van der Waals surface area (Å²) < 4.78 is 22.2. The standard InChI is InChI=1S/C16H16N2O3S/c1-2-12-9-14-15(7-8-17-16(14)19)18(12)10-11-3-5-13(6-4-11)22(20)21/h3-9H,2,10H2,1H3,(H,17,19)(H,20,21). The van der Waals surface area contributed by atoms with Gasteiger partial charge in [0.15, 0.2) is 11.1 Å². The number of benzene rings is 1. The van der Waals surface area contributed by atoms with E-state index in [1.54, 1.807) is 18.3 Å². The van der Waals surface area contributed by atoms with Gasteiger partial charge in [0.05, 0.1) is 15.8 Å². The summed E-state index contributed by atoms with van der Waals surface area (Å²) >= 11 is -1.96. The van der Waals surface area contributed by atoms with E-state index < -0.39 is 11.1 Å². The summed E-state index contributed by atoms with van der Waals surface area (Å²) in [7, 11) is 0. The third kappa shape index (κ3) is 2.63. The third-order valence-corrected chi connectivity index (χ3v) is 4.40. The molecule has 0 saturated heterocycles. The van der Waals surface area contributed by atoms with E-state index in [0.29, 0.717) is 11.4 Å². The van der Waals surface area contributed by atoms with Gasteiger partial charge in [0.25, 0.3) is 0 Å². The first-order valence-electron chi connectivity index (χ1n) is 6.96. The number of fused-ring (bicyclic) bond motifs is 1. The van der Waals surface area contributed by atoms with Crippen molar-refractivity contribution in [2.45, 2.75) is 24.8 Å². The Morgan fingerprint density at radius 3 is 2.59 bits per heavy atom. The fourth-order valence-electron chi connectivity index (χ4n) is 2.60. The molecule has 2 aromatic heterocycles. The van der Waals surface area contributed by atoms with E-state index in [-0.39, 0.29) is 5.88 Å². The normalized spacial score (nSPS) is 12.6. The van der Waals surface area contributed by atoms with E-state index in [1.807, 2.05) is 24.3 Å². The molecule has 0 fully saturated rings. The van der Waals surface area contributed by atoms with Gasteiger partial charge in [0.2, 0.25) is 5.88 Å². The highest BCUT2D eigenvalue weighted by Gasteiger charge is 2.11. The van der Waals surface area contributed by atoms with Crippen LogP contribution in [0, 0.1) is 0 Å². The van der Waals surface area contributed by atoms with Crippen LogP contribution in [0.25, 0.3) is 10.9 Å². The lowest BCUT2D eigenvalue weighted by molar-refractivity contribution is 0.460. The lowest BCUT2D eigenvalue weighted by atomic mass is 10.2. The Kier molecular flexibility index (Phi) is 3.96. The summed E-state index contributed by atoms with van der Waals surface area (Å²) in [5.74, 6) is 0.0389. The van der Waals surface area contributed by atoms with Crippen molar-refractivity contribution in [2.24, 2.45) is 0 Å². The van der Waals surface area contributed by atoms with Crippen molar-refractivity contribution in [3.8, 4) is 5.88 Å². The Hall–Kier alpha value is -2.18. The summed E-state index contributed by atoms with van der Waals surface area (Å²) in [4.78, 5) is 4.30. The van der Waals surface area contributed by atoms with E-state index in [0.717, 1.165) is 28.6 Å². The first kappa shape index (κ1) is 14.7. The monoisotopic (exact) mass is 316 g/mol. The van der Waals surface area contributed by atoms with Gasteiger partial charge in [-0.2, -0.15) is 0 Å². The highest BCUT2D eigenvalue weighted by molar-refractivity contribution is 7.79. The molecule has 0 amide bonds. The smallest absolute Gasteiger partial charge is 0.220 e. The van der Waals surface area contributed by atoms with Crippen LogP contribution < -0.4 is 0 Å². The van der Waals surface area contributed by atoms with Gasteiger partial charge in [-0.15, -0.1) is 0 Å². The molecule has 0 spiro atoms. The second-order valence-corrected chi connectivity index (χ2v) is 6.01. The zero-order valence-corrected chi connectivity index (χ0v) is 12.9. The van der Waals surface area contributed by atoms with Gasteiger partial charge in [-0.05, 0) is 36.2 Å². The molecule has 1 unspecified atom stereocenters. The van der Waals surface area contributed by atoms with E-state index >= 15 is 0 Å². The van der Waals surface area contributed by atoms with Crippen molar-refractivity contribution < 1.29 is 13.9 Å². The van der Waals surface area contributed by atoms with Gasteiger partial charge < -0.3 is 14.2 Å². The number of aromatic nitrogens is 2. The second kappa shape index (κ2) is 5.90. The first-order valence-corrected chi connectivity index (χ1v) is 8.06. The summed E-state index contributed by atoms with van der Waals surface area (Å²) in [5, 5.41) is 10.6. The molecule has 5 nitrogen and oxygen atoms in total. The molecular formula is C16H16N2O3S. The fourth-order valence-corrected chi connectivity index (χ4v) is 2.97. The van der Waals surface area contributed by atoms with Gasteiger partial charge in [-0.1, -0.05) is 19.1 Å². The molecule has 0 saturated carbocycles. The Morgan fingerprint density at radius 1 is 1.23 bits per heavy atom. The number of pyridine rings is 1. The van der Waals surface area contributed by atoms with Crippen molar-refractivity contribution in [3.63, 3.8) is 0 Å². The molecule has 22 heavy (non-hydrogen) atoms. The van der Waals surface area contributed by atoms with Gasteiger partial charge in [-0.3, -0.25) is 0 Å². The van der Waals surface area contributed by atoms with Crippen molar-refractivity contribution >= 4 is 22.0 Å². The Bertz CT molecular complexity index is 840. The quantitative estimate of drug-likeness (QED) is 0.726. The molecule has 0 aliphatic rings. The van der Waals surface area contributed by atoms with Gasteiger partial charge in [-0.25, -0.2) is 9.19 Å². The van der Waals surface area contributed by atoms with Crippen molar-refractivity contribution in [3.05, 3.63) is 53.9 Å². The molecule has 2 N–H and O–H groups in total. The molecule has 1 atom stereocenters. The Morgan fingerprint density at radius 2 is 1.95 bits per heavy atom. The highest BCUT2D eigenvalue weighted by Crippen LogP contribution is 2.27. The molecule has 0 aliphatic heterocycles. The summed E-state index contributed by atoms with van der Waals surface area (Å²) in [6, 6.07) is 10.8. The minimum Gasteiger partial charge on any atom is -0.493 e. The molecule has 0 aliphatic carbocycles. The minimum absolute atomic E-state index is 0.0389. The van der Waals surface area contributed by atoms with Crippen LogP contribution in [0.5, 0.6) is 5.88 Å². The molecule has 6 heteroatoms. The number of rotatable bonds is 4. The summed E-state index contributed by atoms with van der Waals surface area (Å²) in [5.41, 5.74) is 3.06. The zero-order valence-electron chi connectivity index (χ0n) is 12.1. The van der Waals surface area contributed by atoms with Crippen LogP contribution in [0.4, 0.5) is 0 Å². The number of nitrogens with zero attached hydrogens (tertiary/aromatic N) is 2. The lowest BCUT2D eigenvalue weighted by Crippen LogP contribution is -2.03. The average molecular weight is 316 g/mol. The maximum atomic E-state index is 11.0. The third-order valence-electron chi connectivity index (χ3n) is 3.72. The summed E-state index contributed by atoms with van der Waals surface area (Å²) in [6.45, 7) is 2.70.